The van der Waals surface area contributed by atoms with E-state index < -0.39 is 8.80 Å². The summed E-state index contributed by atoms with van der Waals surface area (Å²) in [5, 5.41) is 3.17. The third kappa shape index (κ3) is 8.01. The molecule has 0 radical (unpaired) electrons. The van der Waals surface area contributed by atoms with Crippen LogP contribution in [0, 0.1) is 0 Å². The number of fused-ring (bicyclic) bond motifs is 2. The first-order chi connectivity index (χ1) is 22.4. The first kappa shape index (κ1) is 35.6. The molecule has 1 atom stereocenters. The molecule has 2 aromatic carbocycles. The number of anilines is 1. The van der Waals surface area contributed by atoms with Crippen molar-refractivity contribution in [1.82, 2.24) is 10.2 Å². The van der Waals surface area contributed by atoms with Gasteiger partial charge in [-0.2, -0.15) is 0 Å². The highest BCUT2D eigenvalue weighted by Gasteiger charge is 2.39. The molecule has 1 amide bonds. The number of rotatable bonds is 18. The van der Waals surface area contributed by atoms with Crippen LogP contribution in [0.2, 0.25) is 6.04 Å². The van der Waals surface area contributed by atoms with Crippen molar-refractivity contribution >= 4 is 26.0 Å². The summed E-state index contributed by atoms with van der Waals surface area (Å²) in [5.41, 5.74) is 5.62. The summed E-state index contributed by atoms with van der Waals surface area (Å²) in [6.07, 6.45) is 7.31. The van der Waals surface area contributed by atoms with E-state index in [0.29, 0.717) is 44.4 Å². The van der Waals surface area contributed by atoms with Crippen molar-refractivity contribution in [2.75, 3.05) is 57.4 Å². The lowest BCUT2D eigenvalue weighted by molar-refractivity contribution is 0.0704. The molecule has 8 nitrogen and oxygen atoms in total. The molecule has 0 fully saturated rings. The monoisotopic (exact) mass is 647 g/mol. The summed E-state index contributed by atoms with van der Waals surface area (Å²) in [4.78, 5) is 18.5. The van der Waals surface area contributed by atoms with Crippen LogP contribution in [-0.2, 0) is 13.3 Å². The summed E-state index contributed by atoms with van der Waals surface area (Å²) in [5.74, 6) is 1.53. The lowest BCUT2D eigenvalue weighted by Gasteiger charge is -2.33. The molecule has 0 saturated heterocycles. The predicted molar refractivity (Wildman–Crippen MR) is 189 cm³/mol. The van der Waals surface area contributed by atoms with Crippen LogP contribution < -0.4 is 15.0 Å². The van der Waals surface area contributed by atoms with Crippen molar-refractivity contribution in [3.05, 3.63) is 88.7 Å². The molecule has 0 aromatic heterocycles. The Morgan fingerprint density at radius 3 is 2.17 bits per heavy atom. The average molecular weight is 648 g/mol. The highest BCUT2D eigenvalue weighted by atomic mass is 28.4. The predicted octanol–water partition coefficient (Wildman–Crippen LogP) is 7.06. The van der Waals surface area contributed by atoms with Gasteiger partial charge in [0.05, 0.1) is 6.04 Å². The average Bonchev–Trinajstić information content (AvgIpc) is 3.07. The number of hydrogen-bond acceptors (Lipinski definition) is 7. The van der Waals surface area contributed by atoms with Crippen LogP contribution in [0.1, 0.15) is 76.4 Å². The second-order valence-electron chi connectivity index (χ2n) is 11.2. The first-order valence-corrected chi connectivity index (χ1v) is 19.1. The Kier molecular flexibility index (Phi) is 13.2. The van der Waals surface area contributed by atoms with Crippen molar-refractivity contribution in [3.63, 3.8) is 0 Å². The van der Waals surface area contributed by atoms with Gasteiger partial charge in [0, 0.05) is 79.5 Å². The van der Waals surface area contributed by atoms with E-state index in [1.54, 1.807) is 0 Å². The molecule has 0 spiro atoms. The van der Waals surface area contributed by atoms with Gasteiger partial charge in [0.2, 0.25) is 0 Å². The van der Waals surface area contributed by atoms with Crippen LogP contribution in [-0.4, -0.2) is 78.2 Å². The highest BCUT2D eigenvalue weighted by Crippen LogP contribution is 2.45. The zero-order chi connectivity index (χ0) is 33.1. The van der Waals surface area contributed by atoms with Crippen LogP contribution >= 0.6 is 0 Å². The molecule has 1 unspecified atom stereocenters. The van der Waals surface area contributed by atoms with E-state index in [9.17, 15) is 4.79 Å². The minimum absolute atomic E-state index is 0.112. The molecule has 4 rings (SSSR count). The van der Waals surface area contributed by atoms with Crippen molar-refractivity contribution < 1.29 is 22.8 Å². The fraction of sp³-hybridized carbons (Fsp3) is 0.486. The molecule has 2 aromatic rings. The number of nitrogens with one attached hydrogen (secondary N) is 1. The van der Waals surface area contributed by atoms with Crippen LogP contribution in [0.25, 0.3) is 5.57 Å². The Balaban J connectivity index is 1.69. The van der Waals surface area contributed by atoms with Crippen LogP contribution in [0.4, 0.5) is 5.69 Å². The molecule has 2 aliphatic rings. The number of allylic oxidation sites excluding steroid dienone is 1. The quantitative estimate of drug-likeness (QED) is 0.137. The van der Waals surface area contributed by atoms with Crippen molar-refractivity contribution in [1.29, 1.82) is 0 Å². The van der Waals surface area contributed by atoms with Gasteiger partial charge in [0.15, 0.2) is 0 Å². The van der Waals surface area contributed by atoms with E-state index >= 15 is 0 Å². The molecule has 1 aliphatic carbocycles. The van der Waals surface area contributed by atoms with Crippen LogP contribution in [0.3, 0.4) is 0 Å². The van der Waals surface area contributed by atoms with E-state index in [1.807, 2.05) is 45.0 Å². The number of likely N-dealkylation sites (N-methyl/N-ethyl adjacent to an activating group) is 1. The molecular weight excluding hydrogens is 595 g/mol. The fourth-order valence-corrected chi connectivity index (χ4v) is 9.00. The summed E-state index contributed by atoms with van der Waals surface area (Å²) in [6, 6.07) is 15.1. The maximum absolute atomic E-state index is 13.8. The van der Waals surface area contributed by atoms with Gasteiger partial charge in [-0.3, -0.25) is 9.69 Å². The third-order valence-corrected chi connectivity index (χ3v) is 11.8. The van der Waals surface area contributed by atoms with Crippen LogP contribution in [0.5, 0.6) is 5.75 Å². The van der Waals surface area contributed by atoms with Gasteiger partial charge < -0.3 is 28.2 Å². The number of nitrogens with zero attached hydrogens (tertiary/aromatic N) is 2. The molecule has 46 heavy (non-hydrogen) atoms. The molecule has 250 valence electrons. The molecular formula is C37H53N3O5Si. The fourth-order valence-electron chi connectivity index (χ4n) is 6.39. The van der Waals surface area contributed by atoms with Gasteiger partial charge in [0.1, 0.15) is 11.5 Å². The molecule has 0 saturated carbocycles. The normalized spacial score (nSPS) is 15.7. The zero-order valence-electron chi connectivity index (χ0n) is 28.9. The van der Waals surface area contributed by atoms with E-state index in [4.69, 9.17) is 18.0 Å². The number of hydrogen-bond donors (Lipinski definition) is 1. The Morgan fingerprint density at radius 1 is 0.870 bits per heavy atom. The molecule has 0 bridgehead atoms. The number of ether oxygens (including phenoxy) is 1. The molecule has 9 heteroatoms. The summed E-state index contributed by atoms with van der Waals surface area (Å²) in [7, 11) is -2.78. The Morgan fingerprint density at radius 2 is 1.54 bits per heavy atom. The summed E-state index contributed by atoms with van der Waals surface area (Å²) >= 11 is 0. The smallest absolute Gasteiger partial charge is 0.456 e. The van der Waals surface area contributed by atoms with Gasteiger partial charge in [-0.1, -0.05) is 44.2 Å². The Labute approximate surface area is 277 Å². The van der Waals surface area contributed by atoms with Gasteiger partial charge in [-0.25, -0.2) is 0 Å². The van der Waals surface area contributed by atoms with Gasteiger partial charge in [-0.15, -0.1) is 0 Å². The van der Waals surface area contributed by atoms with E-state index in [1.165, 1.54) is 0 Å². The number of amides is 1. The summed E-state index contributed by atoms with van der Waals surface area (Å²) in [6.45, 7) is 20.4. The minimum Gasteiger partial charge on any atom is -0.456 e. The molecule has 1 aliphatic heterocycles. The molecule has 1 N–H and O–H groups in total. The number of benzene rings is 2. The largest absolute Gasteiger partial charge is 0.500 e. The zero-order valence-corrected chi connectivity index (χ0v) is 29.9. The van der Waals surface area contributed by atoms with Crippen molar-refractivity contribution in [3.8, 4) is 5.75 Å². The lowest BCUT2D eigenvalue weighted by atomic mass is 9.84. The first-order valence-electron chi connectivity index (χ1n) is 17.1. The Hall–Kier alpha value is -3.21. The van der Waals surface area contributed by atoms with Crippen LogP contribution in [0.15, 0.2) is 72.0 Å². The van der Waals surface area contributed by atoms with E-state index in [-0.39, 0.29) is 11.9 Å². The maximum Gasteiger partial charge on any atom is 0.500 e. The van der Waals surface area contributed by atoms with Gasteiger partial charge >= 0.3 is 8.80 Å². The third-order valence-electron chi connectivity index (χ3n) is 8.61. The SMILES string of the molecule is CCO[Si](CCCNC(=O)c1ccccc1C1=C2C=CC(N(CC)CC)C=C2Oc2cc(N(CC)CC)ccc21)(OCC)OCC. The van der Waals surface area contributed by atoms with Crippen molar-refractivity contribution in [2.24, 2.45) is 0 Å². The second-order valence-corrected chi connectivity index (χ2v) is 14.0. The number of carbonyl (C=O) groups excluding carboxylic acids is 1. The van der Waals surface area contributed by atoms with Crippen molar-refractivity contribution in [2.45, 2.75) is 67.0 Å². The highest BCUT2D eigenvalue weighted by molar-refractivity contribution is 6.60. The standard InChI is InChI=1S/C37H53N3O5Si/c1-8-39(9-2)28-20-22-32-34(26-28)45-35-27-29(40(10-3)11-4)21-23-33(35)36(32)30-18-15-16-19-31(30)37(41)38-24-17-25-46(42-12-5,43-13-6)44-14-7/h15-16,18-23,26-28H,8-14,17,24-25H2,1-7H3,(H,38,41). The minimum atomic E-state index is -2.78. The molecule has 1 heterocycles. The topological polar surface area (TPSA) is 72.5 Å². The Bertz CT molecular complexity index is 1400. The summed E-state index contributed by atoms with van der Waals surface area (Å²) < 4.78 is 24.7. The van der Waals surface area contributed by atoms with Gasteiger partial charge in [-0.05, 0) is 84.0 Å². The maximum atomic E-state index is 13.8. The van der Waals surface area contributed by atoms with E-state index in [2.05, 4.69) is 79.2 Å². The number of carbonyl (C=O) groups is 1. The lowest BCUT2D eigenvalue weighted by Crippen LogP contribution is -2.46. The van der Waals surface area contributed by atoms with Gasteiger partial charge in [0.25, 0.3) is 5.91 Å². The van der Waals surface area contributed by atoms with E-state index in [0.717, 1.165) is 65.6 Å². The second kappa shape index (κ2) is 17.1.